The molecule has 2 aromatic heterocycles. The molecule has 0 aliphatic rings. The Bertz CT molecular complexity index is 1070. The Labute approximate surface area is 173 Å². The van der Waals surface area contributed by atoms with Crippen molar-refractivity contribution in [2.24, 2.45) is 0 Å². The number of hydrogen-bond acceptors (Lipinski definition) is 6. The number of esters is 1. The van der Waals surface area contributed by atoms with Gasteiger partial charge in [-0.25, -0.2) is 9.67 Å². The van der Waals surface area contributed by atoms with Crippen LogP contribution >= 0.6 is 0 Å². The molecule has 0 aliphatic heterocycles. The summed E-state index contributed by atoms with van der Waals surface area (Å²) >= 11 is 0. The largest absolute Gasteiger partial charge is 0.468 e. The van der Waals surface area contributed by atoms with E-state index in [0.717, 1.165) is 16.6 Å². The molecule has 0 unspecified atom stereocenters. The van der Waals surface area contributed by atoms with Crippen LogP contribution in [0.15, 0.2) is 42.7 Å². The summed E-state index contributed by atoms with van der Waals surface area (Å²) in [6.45, 7) is 3.86. The van der Waals surface area contributed by atoms with Gasteiger partial charge in [0.15, 0.2) is 5.65 Å². The number of ether oxygens (including phenoxy) is 1. The first-order valence-electron chi connectivity index (χ1n) is 9.44. The third-order valence-electron chi connectivity index (χ3n) is 4.42. The molecule has 0 saturated heterocycles. The predicted molar refractivity (Wildman–Crippen MR) is 111 cm³/mol. The van der Waals surface area contributed by atoms with Crippen molar-refractivity contribution in [1.82, 2.24) is 20.1 Å². The van der Waals surface area contributed by atoms with Crippen LogP contribution in [-0.2, 0) is 20.7 Å². The Morgan fingerprint density at radius 1 is 1.13 bits per heavy atom. The number of carbonyl (C=O) groups excluding carboxylic acids is 3. The van der Waals surface area contributed by atoms with E-state index in [9.17, 15) is 14.4 Å². The maximum atomic E-state index is 12.6. The molecule has 156 valence electrons. The van der Waals surface area contributed by atoms with Crippen molar-refractivity contribution in [3.63, 3.8) is 0 Å². The minimum absolute atomic E-state index is 0.117. The molecule has 0 fully saturated rings. The van der Waals surface area contributed by atoms with Gasteiger partial charge in [0.2, 0.25) is 5.91 Å². The van der Waals surface area contributed by atoms with E-state index in [-0.39, 0.29) is 30.8 Å². The number of aromatic nitrogens is 3. The van der Waals surface area contributed by atoms with E-state index >= 15 is 0 Å². The number of carbonyl (C=O) groups is 3. The van der Waals surface area contributed by atoms with Crippen LogP contribution in [0.3, 0.4) is 0 Å². The first kappa shape index (κ1) is 21.0. The standard InChI is InChI=1S/C21H23N5O4/c1-13(2)26-20-15(11-24-26)9-16(10-23-20)21(29)25-17-6-4-14(5-7-17)8-18(27)22-12-19(28)30-3/h4-7,9-11,13H,8,12H2,1-3H3,(H,22,27)(H,25,29). The van der Waals surface area contributed by atoms with Crippen molar-refractivity contribution < 1.29 is 19.1 Å². The van der Waals surface area contributed by atoms with E-state index in [1.807, 2.05) is 13.8 Å². The second kappa shape index (κ2) is 9.17. The molecule has 0 saturated carbocycles. The van der Waals surface area contributed by atoms with Crippen molar-refractivity contribution in [2.45, 2.75) is 26.3 Å². The van der Waals surface area contributed by atoms with Gasteiger partial charge in [0.05, 0.1) is 25.3 Å². The van der Waals surface area contributed by atoms with Crippen LogP contribution in [0.1, 0.15) is 35.8 Å². The Balaban J connectivity index is 1.61. The van der Waals surface area contributed by atoms with Crippen LogP contribution in [0.4, 0.5) is 5.69 Å². The Morgan fingerprint density at radius 3 is 2.53 bits per heavy atom. The molecule has 3 rings (SSSR count). The van der Waals surface area contributed by atoms with Crippen LogP contribution in [0.5, 0.6) is 0 Å². The number of hydrogen-bond donors (Lipinski definition) is 2. The number of nitrogens with zero attached hydrogens (tertiary/aromatic N) is 3. The number of rotatable bonds is 7. The number of methoxy groups -OCH3 is 1. The van der Waals surface area contributed by atoms with Crippen molar-refractivity contribution in [3.05, 3.63) is 53.9 Å². The highest BCUT2D eigenvalue weighted by Crippen LogP contribution is 2.18. The number of anilines is 1. The summed E-state index contributed by atoms with van der Waals surface area (Å²) in [7, 11) is 1.26. The van der Waals surface area contributed by atoms with Gasteiger partial charge in [0.25, 0.3) is 5.91 Å². The molecular formula is C21H23N5O4. The predicted octanol–water partition coefficient (Wildman–Crippen LogP) is 2.10. The zero-order valence-corrected chi connectivity index (χ0v) is 17.0. The summed E-state index contributed by atoms with van der Waals surface area (Å²) in [5.74, 6) is -1.09. The summed E-state index contributed by atoms with van der Waals surface area (Å²) in [5.41, 5.74) is 2.50. The van der Waals surface area contributed by atoms with E-state index < -0.39 is 5.97 Å². The van der Waals surface area contributed by atoms with Gasteiger partial charge >= 0.3 is 5.97 Å². The molecule has 2 heterocycles. The molecule has 0 spiro atoms. The summed E-state index contributed by atoms with van der Waals surface area (Å²) in [5, 5.41) is 10.4. The lowest BCUT2D eigenvalue weighted by Crippen LogP contribution is -2.31. The quantitative estimate of drug-likeness (QED) is 0.578. The highest BCUT2D eigenvalue weighted by molar-refractivity contribution is 6.05. The van der Waals surface area contributed by atoms with Crippen LogP contribution in [-0.4, -0.2) is 46.2 Å². The fourth-order valence-corrected chi connectivity index (χ4v) is 2.84. The van der Waals surface area contributed by atoms with Crippen LogP contribution in [0.2, 0.25) is 0 Å². The van der Waals surface area contributed by atoms with Crippen molar-refractivity contribution in [3.8, 4) is 0 Å². The molecule has 2 amide bonds. The summed E-state index contributed by atoms with van der Waals surface area (Å²) in [6, 6.07) is 8.83. The number of nitrogens with one attached hydrogen (secondary N) is 2. The van der Waals surface area contributed by atoms with Crippen molar-refractivity contribution in [1.29, 1.82) is 0 Å². The van der Waals surface area contributed by atoms with Gasteiger partial charge in [0.1, 0.15) is 6.54 Å². The smallest absolute Gasteiger partial charge is 0.325 e. The van der Waals surface area contributed by atoms with Gasteiger partial charge in [-0.3, -0.25) is 14.4 Å². The van der Waals surface area contributed by atoms with Gasteiger partial charge < -0.3 is 15.4 Å². The first-order chi connectivity index (χ1) is 14.4. The molecule has 3 aromatic rings. The van der Waals surface area contributed by atoms with Crippen molar-refractivity contribution in [2.75, 3.05) is 19.0 Å². The third kappa shape index (κ3) is 4.99. The molecule has 0 radical (unpaired) electrons. The van der Waals surface area contributed by atoms with Gasteiger partial charge in [-0.2, -0.15) is 5.10 Å². The van der Waals surface area contributed by atoms with E-state index in [1.54, 1.807) is 41.2 Å². The molecule has 0 bridgehead atoms. The summed E-state index contributed by atoms with van der Waals surface area (Å²) < 4.78 is 6.27. The lowest BCUT2D eigenvalue weighted by molar-refractivity contribution is -0.141. The van der Waals surface area contributed by atoms with E-state index in [0.29, 0.717) is 11.3 Å². The molecule has 2 N–H and O–H groups in total. The van der Waals surface area contributed by atoms with Gasteiger partial charge in [-0.05, 0) is 37.6 Å². The Morgan fingerprint density at radius 2 is 1.87 bits per heavy atom. The maximum Gasteiger partial charge on any atom is 0.325 e. The first-order valence-corrected chi connectivity index (χ1v) is 9.44. The summed E-state index contributed by atoms with van der Waals surface area (Å²) in [6.07, 6.45) is 3.34. The third-order valence-corrected chi connectivity index (χ3v) is 4.42. The second-order valence-electron chi connectivity index (χ2n) is 7.00. The number of fused-ring (bicyclic) bond motifs is 1. The molecule has 9 nitrogen and oxygen atoms in total. The van der Waals surface area contributed by atoms with E-state index in [2.05, 4.69) is 25.5 Å². The molecule has 9 heteroatoms. The number of pyridine rings is 1. The van der Waals surface area contributed by atoms with Crippen LogP contribution < -0.4 is 10.6 Å². The average Bonchev–Trinajstić information content (AvgIpc) is 3.17. The molecule has 30 heavy (non-hydrogen) atoms. The fourth-order valence-electron chi connectivity index (χ4n) is 2.84. The summed E-state index contributed by atoms with van der Waals surface area (Å²) in [4.78, 5) is 39.8. The number of amides is 2. The highest BCUT2D eigenvalue weighted by Gasteiger charge is 2.12. The average molecular weight is 409 g/mol. The minimum Gasteiger partial charge on any atom is -0.468 e. The van der Waals surface area contributed by atoms with Gasteiger partial charge in [-0.1, -0.05) is 12.1 Å². The van der Waals surface area contributed by atoms with E-state index in [1.165, 1.54) is 13.3 Å². The molecule has 0 aliphatic carbocycles. The fraction of sp³-hybridized carbons (Fsp3) is 0.286. The molecule has 1 aromatic carbocycles. The Kier molecular flexibility index (Phi) is 6.41. The lowest BCUT2D eigenvalue weighted by Gasteiger charge is -2.08. The normalized spacial score (nSPS) is 10.8. The van der Waals surface area contributed by atoms with Gasteiger partial charge in [-0.15, -0.1) is 0 Å². The van der Waals surface area contributed by atoms with Gasteiger partial charge in [0, 0.05) is 23.3 Å². The molecular weight excluding hydrogens is 386 g/mol. The maximum absolute atomic E-state index is 12.6. The second-order valence-corrected chi connectivity index (χ2v) is 7.00. The van der Waals surface area contributed by atoms with Crippen molar-refractivity contribution >= 4 is 34.5 Å². The zero-order valence-electron chi connectivity index (χ0n) is 17.0. The SMILES string of the molecule is COC(=O)CNC(=O)Cc1ccc(NC(=O)c2cnc3c(cnn3C(C)C)c2)cc1. The highest BCUT2D eigenvalue weighted by atomic mass is 16.5. The zero-order chi connectivity index (χ0) is 21.7. The van der Waals surface area contributed by atoms with E-state index in [4.69, 9.17) is 0 Å². The van der Waals surface area contributed by atoms with Crippen LogP contribution in [0.25, 0.3) is 11.0 Å². The minimum atomic E-state index is -0.509. The monoisotopic (exact) mass is 409 g/mol. The topological polar surface area (TPSA) is 115 Å². The molecule has 0 atom stereocenters. The Hall–Kier alpha value is -3.75. The lowest BCUT2D eigenvalue weighted by atomic mass is 10.1. The van der Waals surface area contributed by atoms with Crippen LogP contribution in [0, 0.1) is 0 Å². The number of benzene rings is 1.